The lowest BCUT2D eigenvalue weighted by atomic mass is 10.1. The number of rotatable bonds is 3. The van der Waals surface area contributed by atoms with Crippen molar-refractivity contribution in [3.8, 4) is 0 Å². The Morgan fingerprint density at radius 3 is 2.74 bits per heavy atom. The van der Waals surface area contributed by atoms with E-state index in [-0.39, 0.29) is 11.4 Å². The van der Waals surface area contributed by atoms with E-state index in [0.29, 0.717) is 12.1 Å². The van der Waals surface area contributed by atoms with E-state index in [0.717, 1.165) is 23.3 Å². The van der Waals surface area contributed by atoms with Crippen LogP contribution in [-0.4, -0.2) is 35.8 Å². The van der Waals surface area contributed by atoms with Gasteiger partial charge in [0.25, 0.3) is 0 Å². The van der Waals surface area contributed by atoms with Gasteiger partial charge in [-0.2, -0.15) is 13.2 Å². The van der Waals surface area contributed by atoms with Gasteiger partial charge in [-0.15, -0.1) is 0 Å². The highest BCUT2D eigenvalue weighted by atomic mass is 19.4. The SMILES string of the molecule is CN(CC(F)(F)F)c1nc2c(cc1C(=O)O)CCC2. The van der Waals surface area contributed by atoms with Gasteiger partial charge < -0.3 is 10.0 Å². The third kappa shape index (κ3) is 2.97. The minimum atomic E-state index is -4.40. The molecule has 1 heterocycles. The number of carboxylic acid groups (broad SMARTS) is 1. The fraction of sp³-hybridized carbons (Fsp3) is 0.500. The Labute approximate surface area is 107 Å². The van der Waals surface area contributed by atoms with Crippen molar-refractivity contribution >= 4 is 11.8 Å². The molecule has 7 heteroatoms. The summed E-state index contributed by atoms with van der Waals surface area (Å²) in [5.41, 5.74) is 1.35. The van der Waals surface area contributed by atoms with Crippen molar-refractivity contribution in [1.29, 1.82) is 0 Å². The second kappa shape index (κ2) is 4.71. The van der Waals surface area contributed by atoms with Gasteiger partial charge in [-0.3, -0.25) is 0 Å². The van der Waals surface area contributed by atoms with E-state index in [1.54, 1.807) is 0 Å². The highest BCUT2D eigenvalue weighted by molar-refractivity contribution is 5.93. The molecular formula is C12H13F3N2O2. The topological polar surface area (TPSA) is 53.4 Å². The maximum atomic E-state index is 12.4. The van der Waals surface area contributed by atoms with Gasteiger partial charge in [0.1, 0.15) is 17.9 Å². The number of nitrogens with zero attached hydrogens (tertiary/aromatic N) is 2. The van der Waals surface area contributed by atoms with Gasteiger partial charge in [0.2, 0.25) is 0 Å². The number of aryl methyl sites for hydroxylation is 2. The Bertz CT molecular complexity index is 514. The van der Waals surface area contributed by atoms with Gasteiger partial charge in [0, 0.05) is 12.7 Å². The van der Waals surface area contributed by atoms with Crippen molar-refractivity contribution in [1.82, 2.24) is 4.98 Å². The molecular weight excluding hydrogens is 261 g/mol. The van der Waals surface area contributed by atoms with E-state index in [2.05, 4.69) is 4.98 Å². The molecule has 104 valence electrons. The van der Waals surface area contributed by atoms with E-state index >= 15 is 0 Å². The van der Waals surface area contributed by atoms with Crippen molar-refractivity contribution < 1.29 is 23.1 Å². The molecule has 0 atom stereocenters. The zero-order chi connectivity index (χ0) is 14.2. The summed E-state index contributed by atoms with van der Waals surface area (Å²) in [5.74, 6) is -1.38. The lowest BCUT2D eigenvalue weighted by Crippen LogP contribution is -2.32. The molecule has 0 fully saturated rings. The van der Waals surface area contributed by atoms with E-state index < -0.39 is 18.7 Å². The first-order chi connectivity index (χ1) is 8.78. The number of anilines is 1. The summed E-state index contributed by atoms with van der Waals surface area (Å²) in [7, 11) is 1.20. The fourth-order valence-electron chi connectivity index (χ4n) is 2.25. The number of aromatic nitrogens is 1. The minimum Gasteiger partial charge on any atom is -0.478 e. The van der Waals surface area contributed by atoms with Crippen LogP contribution in [0.2, 0.25) is 0 Å². The number of hydrogen-bond donors (Lipinski definition) is 1. The first-order valence-corrected chi connectivity index (χ1v) is 5.82. The van der Waals surface area contributed by atoms with Crippen molar-refractivity contribution in [3.05, 3.63) is 22.9 Å². The molecule has 1 aromatic rings. The first kappa shape index (κ1) is 13.6. The fourth-order valence-corrected chi connectivity index (χ4v) is 2.25. The molecule has 1 aliphatic rings. The molecule has 0 aromatic carbocycles. The normalized spacial score (nSPS) is 14.3. The third-order valence-corrected chi connectivity index (χ3v) is 3.04. The minimum absolute atomic E-state index is 0.120. The molecule has 0 radical (unpaired) electrons. The van der Waals surface area contributed by atoms with Crippen LogP contribution in [0.25, 0.3) is 0 Å². The van der Waals surface area contributed by atoms with Crippen LogP contribution in [0.15, 0.2) is 6.07 Å². The molecule has 1 aliphatic carbocycles. The summed E-state index contributed by atoms with van der Waals surface area (Å²) >= 11 is 0. The quantitative estimate of drug-likeness (QED) is 0.918. The van der Waals surface area contributed by atoms with Gasteiger partial charge in [-0.25, -0.2) is 9.78 Å². The summed E-state index contributed by atoms with van der Waals surface area (Å²) in [6.07, 6.45) is -2.13. The average molecular weight is 274 g/mol. The predicted molar refractivity (Wildman–Crippen MR) is 62.5 cm³/mol. The molecule has 4 nitrogen and oxygen atoms in total. The lowest BCUT2D eigenvalue weighted by molar-refractivity contribution is -0.119. The number of alkyl halides is 3. The van der Waals surface area contributed by atoms with Crippen LogP contribution in [0.3, 0.4) is 0 Å². The van der Waals surface area contributed by atoms with E-state index in [4.69, 9.17) is 5.11 Å². The Kier molecular flexibility index (Phi) is 3.38. The summed E-state index contributed by atoms with van der Waals surface area (Å²) in [6.45, 7) is -1.22. The molecule has 0 unspecified atom stereocenters. The molecule has 0 aliphatic heterocycles. The Morgan fingerprint density at radius 1 is 1.47 bits per heavy atom. The first-order valence-electron chi connectivity index (χ1n) is 5.82. The maximum absolute atomic E-state index is 12.4. The van der Waals surface area contributed by atoms with Crippen LogP contribution in [-0.2, 0) is 12.8 Å². The number of halogens is 3. The zero-order valence-electron chi connectivity index (χ0n) is 10.3. The second-order valence-corrected chi connectivity index (χ2v) is 4.60. The second-order valence-electron chi connectivity index (χ2n) is 4.60. The van der Waals surface area contributed by atoms with Gasteiger partial charge >= 0.3 is 12.1 Å². The molecule has 19 heavy (non-hydrogen) atoms. The molecule has 0 saturated heterocycles. The summed E-state index contributed by atoms with van der Waals surface area (Å²) in [4.78, 5) is 16.1. The van der Waals surface area contributed by atoms with Crippen LogP contribution in [0.1, 0.15) is 28.0 Å². The largest absolute Gasteiger partial charge is 0.478 e. The predicted octanol–water partition coefficient (Wildman–Crippen LogP) is 2.27. The van der Waals surface area contributed by atoms with Gasteiger partial charge in [0.05, 0.1) is 0 Å². The Hall–Kier alpha value is -1.79. The number of hydrogen-bond acceptors (Lipinski definition) is 3. The molecule has 2 rings (SSSR count). The highest BCUT2D eigenvalue weighted by Crippen LogP contribution is 2.28. The van der Waals surface area contributed by atoms with Crippen LogP contribution in [0.5, 0.6) is 0 Å². The molecule has 0 spiro atoms. The summed E-state index contributed by atoms with van der Waals surface area (Å²) < 4.78 is 37.1. The standard InChI is InChI=1S/C12H13F3N2O2/c1-17(6-12(13,14)15)10-8(11(18)19)5-7-3-2-4-9(7)16-10/h5H,2-4,6H2,1H3,(H,18,19). The number of carbonyl (C=O) groups is 1. The number of fused-ring (bicyclic) bond motifs is 1. The van der Waals surface area contributed by atoms with Crippen molar-refractivity contribution in [2.45, 2.75) is 25.4 Å². The molecule has 0 bridgehead atoms. The van der Waals surface area contributed by atoms with E-state index in [9.17, 15) is 18.0 Å². The van der Waals surface area contributed by atoms with Crippen LogP contribution in [0.4, 0.5) is 19.0 Å². The van der Waals surface area contributed by atoms with Gasteiger partial charge in [-0.1, -0.05) is 0 Å². The summed E-state index contributed by atoms with van der Waals surface area (Å²) in [5, 5.41) is 9.10. The third-order valence-electron chi connectivity index (χ3n) is 3.04. The highest BCUT2D eigenvalue weighted by Gasteiger charge is 2.32. The number of pyridine rings is 1. The van der Waals surface area contributed by atoms with E-state index in [1.165, 1.54) is 13.1 Å². The van der Waals surface area contributed by atoms with Crippen LogP contribution in [0, 0.1) is 0 Å². The molecule has 0 amide bonds. The lowest BCUT2D eigenvalue weighted by Gasteiger charge is -2.22. The Morgan fingerprint density at radius 2 is 2.16 bits per heavy atom. The van der Waals surface area contributed by atoms with Crippen molar-refractivity contribution in [2.75, 3.05) is 18.5 Å². The Balaban J connectivity index is 2.40. The zero-order valence-corrected chi connectivity index (χ0v) is 10.3. The number of carboxylic acids is 1. The van der Waals surface area contributed by atoms with Gasteiger partial charge in [0.15, 0.2) is 0 Å². The molecule has 0 saturated carbocycles. The number of aromatic carboxylic acids is 1. The monoisotopic (exact) mass is 274 g/mol. The summed E-state index contributed by atoms with van der Waals surface area (Å²) in [6, 6.07) is 1.44. The van der Waals surface area contributed by atoms with Crippen molar-refractivity contribution in [2.24, 2.45) is 0 Å². The van der Waals surface area contributed by atoms with Crippen molar-refractivity contribution in [3.63, 3.8) is 0 Å². The van der Waals surface area contributed by atoms with Crippen LogP contribution < -0.4 is 4.90 Å². The molecule has 1 aromatic heterocycles. The molecule has 1 N–H and O–H groups in total. The maximum Gasteiger partial charge on any atom is 0.405 e. The van der Waals surface area contributed by atoms with Crippen LogP contribution >= 0.6 is 0 Å². The van der Waals surface area contributed by atoms with Gasteiger partial charge in [-0.05, 0) is 30.9 Å². The smallest absolute Gasteiger partial charge is 0.405 e. The average Bonchev–Trinajstić information content (AvgIpc) is 2.71. The van der Waals surface area contributed by atoms with E-state index in [1.807, 2.05) is 0 Å².